The van der Waals surface area contributed by atoms with Gasteiger partial charge in [-0.2, -0.15) is 0 Å². The van der Waals surface area contributed by atoms with E-state index in [0.29, 0.717) is 6.61 Å². The molecule has 1 aromatic rings. The quantitative estimate of drug-likeness (QED) is 0.829. The minimum atomic E-state index is -0.409. The smallest absolute Gasteiger partial charge is 0.411 e. The Morgan fingerprint density at radius 2 is 2.06 bits per heavy atom. The Kier molecular flexibility index (Phi) is 3.93. The molecule has 88 valence electrons. The van der Waals surface area contributed by atoms with E-state index in [-0.39, 0.29) is 5.41 Å². The second-order valence-corrected chi connectivity index (χ2v) is 4.68. The molecule has 0 fully saturated rings. The fraction of sp³-hybridized carbons (Fsp3) is 0.462. The largest absolute Gasteiger partial charge is 0.450 e. The SMILES string of the molecule is CCOC(=O)Nc1cccc(C(C)(C)C)c1. The molecule has 0 spiro atoms. The lowest BCUT2D eigenvalue weighted by molar-refractivity contribution is 0.168. The predicted molar refractivity (Wildman–Crippen MR) is 65.8 cm³/mol. The number of ether oxygens (including phenoxy) is 1. The van der Waals surface area contributed by atoms with Gasteiger partial charge in [-0.3, -0.25) is 5.32 Å². The van der Waals surface area contributed by atoms with E-state index in [2.05, 4.69) is 32.2 Å². The van der Waals surface area contributed by atoms with Crippen molar-refractivity contribution in [2.24, 2.45) is 0 Å². The zero-order chi connectivity index (χ0) is 12.2. The average molecular weight is 221 g/mol. The van der Waals surface area contributed by atoms with Gasteiger partial charge in [0.05, 0.1) is 6.61 Å². The summed E-state index contributed by atoms with van der Waals surface area (Å²) in [5.41, 5.74) is 2.03. The molecule has 1 aromatic carbocycles. The third kappa shape index (κ3) is 3.57. The average Bonchev–Trinajstić information content (AvgIpc) is 2.17. The van der Waals surface area contributed by atoms with E-state index in [1.54, 1.807) is 6.92 Å². The van der Waals surface area contributed by atoms with E-state index in [1.807, 2.05) is 18.2 Å². The summed E-state index contributed by atoms with van der Waals surface area (Å²) in [4.78, 5) is 11.2. The first kappa shape index (κ1) is 12.6. The molecule has 0 heterocycles. The lowest BCUT2D eigenvalue weighted by Gasteiger charge is -2.19. The number of nitrogens with one attached hydrogen (secondary N) is 1. The van der Waals surface area contributed by atoms with E-state index in [1.165, 1.54) is 5.56 Å². The first-order valence-corrected chi connectivity index (χ1v) is 5.48. The van der Waals surface area contributed by atoms with Crippen molar-refractivity contribution in [3.8, 4) is 0 Å². The Morgan fingerprint density at radius 3 is 2.62 bits per heavy atom. The maximum absolute atomic E-state index is 11.2. The summed E-state index contributed by atoms with van der Waals surface area (Å²) in [6.07, 6.45) is -0.409. The van der Waals surface area contributed by atoms with Crippen LogP contribution < -0.4 is 5.32 Å². The topological polar surface area (TPSA) is 38.3 Å². The molecular formula is C13H19NO2. The Hall–Kier alpha value is -1.51. The van der Waals surface area contributed by atoms with Crippen LogP contribution in [0, 0.1) is 0 Å². The minimum absolute atomic E-state index is 0.0757. The number of anilines is 1. The van der Waals surface area contributed by atoms with Crippen molar-refractivity contribution in [3.63, 3.8) is 0 Å². The Balaban J connectivity index is 2.79. The zero-order valence-corrected chi connectivity index (χ0v) is 10.3. The molecule has 1 rings (SSSR count). The predicted octanol–water partition coefficient (Wildman–Crippen LogP) is 3.55. The van der Waals surface area contributed by atoms with Crippen molar-refractivity contribution in [1.29, 1.82) is 0 Å². The van der Waals surface area contributed by atoms with Crippen molar-refractivity contribution in [3.05, 3.63) is 29.8 Å². The van der Waals surface area contributed by atoms with Crippen molar-refractivity contribution >= 4 is 11.8 Å². The molecule has 0 aliphatic carbocycles. The molecule has 0 radical (unpaired) electrons. The van der Waals surface area contributed by atoms with Crippen molar-refractivity contribution in [2.75, 3.05) is 11.9 Å². The van der Waals surface area contributed by atoms with Gasteiger partial charge in [0.25, 0.3) is 0 Å². The second kappa shape index (κ2) is 5.01. The molecule has 0 unspecified atom stereocenters. The molecule has 0 aromatic heterocycles. The summed E-state index contributed by atoms with van der Waals surface area (Å²) in [7, 11) is 0. The maximum Gasteiger partial charge on any atom is 0.411 e. The highest BCUT2D eigenvalue weighted by atomic mass is 16.5. The van der Waals surface area contributed by atoms with Crippen molar-refractivity contribution in [1.82, 2.24) is 0 Å². The molecule has 1 amide bonds. The van der Waals surface area contributed by atoms with Gasteiger partial charge >= 0.3 is 6.09 Å². The van der Waals surface area contributed by atoms with Gasteiger partial charge in [0.1, 0.15) is 0 Å². The van der Waals surface area contributed by atoms with Crippen LogP contribution in [-0.2, 0) is 10.2 Å². The zero-order valence-electron chi connectivity index (χ0n) is 10.3. The minimum Gasteiger partial charge on any atom is -0.450 e. The molecule has 0 saturated carbocycles. The van der Waals surface area contributed by atoms with Crippen molar-refractivity contribution in [2.45, 2.75) is 33.1 Å². The summed E-state index contributed by atoms with van der Waals surface area (Å²) in [6, 6.07) is 7.81. The molecule has 0 bridgehead atoms. The Bertz CT molecular complexity index is 366. The van der Waals surface area contributed by atoms with Crippen LogP contribution in [0.4, 0.5) is 10.5 Å². The number of amides is 1. The van der Waals surface area contributed by atoms with E-state index in [9.17, 15) is 4.79 Å². The van der Waals surface area contributed by atoms with Gasteiger partial charge in [-0.1, -0.05) is 32.9 Å². The van der Waals surface area contributed by atoms with Crippen LogP contribution in [0.15, 0.2) is 24.3 Å². The van der Waals surface area contributed by atoms with Gasteiger partial charge in [-0.05, 0) is 30.0 Å². The lowest BCUT2D eigenvalue weighted by Crippen LogP contribution is -2.15. The second-order valence-electron chi connectivity index (χ2n) is 4.68. The fourth-order valence-electron chi connectivity index (χ4n) is 1.35. The first-order chi connectivity index (χ1) is 7.43. The van der Waals surface area contributed by atoms with Crippen LogP contribution >= 0.6 is 0 Å². The standard InChI is InChI=1S/C13H19NO2/c1-5-16-12(15)14-11-8-6-7-10(9-11)13(2,3)4/h6-9H,5H2,1-4H3,(H,14,15). The van der Waals surface area contributed by atoms with Crippen LogP contribution in [0.25, 0.3) is 0 Å². The fourth-order valence-corrected chi connectivity index (χ4v) is 1.35. The van der Waals surface area contributed by atoms with E-state index in [0.717, 1.165) is 5.69 Å². The molecule has 0 aliphatic rings. The van der Waals surface area contributed by atoms with Gasteiger partial charge in [0.15, 0.2) is 0 Å². The van der Waals surface area contributed by atoms with Gasteiger partial charge in [-0.25, -0.2) is 4.79 Å². The molecule has 1 N–H and O–H groups in total. The Morgan fingerprint density at radius 1 is 1.38 bits per heavy atom. The maximum atomic E-state index is 11.2. The molecular weight excluding hydrogens is 202 g/mol. The summed E-state index contributed by atoms with van der Waals surface area (Å²) < 4.78 is 4.82. The molecule has 0 aliphatic heterocycles. The summed E-state index contributed by atoms with van der Waals surface area (Å²) in [5, 5.41) is 2.69. The van der Waals surface area contributed by atoms with E-state index >= 15 is 0 Å². The number of hydrogen-bond acceptors (Lipinski definition) is 2. The molecule has 0 saturated heterocycles. The summed E-state index contributed by atoms with van der Waals surface area (Å²) in [6.45, 7) is 8.57. The first-order valence-electron chi connectivity index (χ1n) is 5.48. The van der Waals surface area contributed by atoms with Gasteiger partial charge < -0.3 is 4.74 Å². The molecule has 0 atom stereocenters. The number of carbonyl (C=O) groups excluding carboxylic acids is 1. The van der Waals surface area contributed by atoms with Crippen LogP contribution in [0.3, 0.4) is 0 Å². The van der Waals surface area contributed by atoms with E-state index in [4.69, 9.17) is 4.74 Å². The van der Waals surface area contributed by atoms with Crippen molar-refractivity contribution < 1.29 is 9.53 Å². The molecule has 3 nitrogen and oxygen atoms in total. The molecule has 3 heteroatoms. The van der Waals surface area contributed by atoms with Crippen LogP contribution in [0.1, 0.15) is 33.3 Å². The number of carbonyl (C=O) groups is 1. The highest BCUT2D eigenvalue weighted by molar-refractivity contribution is 5.84. The Labute approximate surface area is 96.8 Å². The van der Waals surface area contributed by atoms with Crippen LogP contribution in [0.5, 0.6) is 0 Å². The van der Waals surface area contributed by atoms with Gasteiger partial charge in [0, 0.05) is 5.69 Å². The third-order valence-electron chi connectivity index (χ3n) is 2.25. The molecule has 16 heavy (non-hydrogen) atoms. The summed E-state index contributed by atoms with van der Waals surface area (Å²) >= 11 is 0. The van der Waals surface area contributed by atoms with Gasteiger partial charge in [-0.15, -0.1) is 0 Å². The monoisotopic (exact) mass is 221 g/mol. The van der Waals surface area contributed by atoms with E-state index < -0.39 is 6.09 Å². The van der Waals surface area contributed by atoms with Crippen LogP contribution in [-0.4, -0.2) is 12.7 Å². The normalized spacial score (nSPS) is 11.0. The number of benzene rings is 1. The lowest BCUT2D eigenvalue weighted by atomic mass is 9.87. The highest BCUT2D eigenvalue weighted by Gasteiger charge is 2.14. The number of rotatable bonds is 2. The third-order valence-corrected chi connectivity index (χ3v) is 2.25. The summed E-state index contributed by atoms with van der Waals surface area (Å²) in [5.74, 6) is 0. The highest BCUT2D eigenvalue weighted by Crippen LogP contribution is 2.24. The van der Waals surface area contributed by atoms with Crippen LogP contribution in [0.2, 0.25) is 0 Å². The number of hydrogen-bond donors (Lipinski definition) is 1. The van der Waals surface area contributed by atoms with Gasteiger partial charge in [0.2, 0.25) is 0 Å².